The lowest BCUT2D eigenvalue weighted by Crippen LogP contribution is -2.24. The molecule has 0 aromatic heterocycles. The van der Waals surface area contributed by atoms with Gasteiger partial charge in [-0.15, -0.1) is 0 Å². The summed E-state index contributed by atoms with van der Waals surface area (Å²) in [5.41, 5.74) is 2.14. The van der Waals surface area contributed by atoms with Crippen molar-refractivity contribution in [3.63, 3.8) is 0 Å². The van der Waals surface area contributed by atoms with Crippen molar-refractivity contribution in [2.75, 3.05) is 26.0 Å². The van der Waals surface area contributed by atoms with Gasteiger partial charge in [-0.3, -0.25) is 0 Å². The lowest BCUT2D eigenvalue weighted by Gasteiger charge is -2.20. The number of aryl methyl sites for hydroxylation is 1. The Morgan fingerprint density at radius 1 is 1.22 bits per heavy atom. The van der Waals surface area contributed by atoms with Gasteiger partial charge >= 0.3 is 0 Å². The van der Waals surface area contributed by atoms with Crippen molar-refractivity contribution >= 4 is 10.0 Å². The van der Waals surface area contributed by atoms with Crippen LogP contribution in [0.25, 0.3) is 0 Å². The Kier molecular flexibility index (Phi) is 3.77. The molecule has 1 N–H and O–H groups in total. The van der Waals surface area contributed by atoms with E-state index in [1.165, 1.54) is 0 Å². The van der Waals surface area contributed by atoms with Gasteiger partial charge in [-0.05, 0) is 36.6 Å². The lowest BCUT2D eigenvalue weighted by atomic mass is 10.0. The normalized spacial score (nSPS) is 14.6. The standard InChI is InChI=1S/C12H17NO4S/c1-9-7-11-12(17-6-5-16-11)8-10(9)3-4-13-18(2,14)15/h7-8,13H,3-6H2,1-2H3. The Morgan fingerprint density at radius 3 is 2.44 bits per heavy atom. The van der Waals surface area contributed by atoms with Crippen molar-refractivity contribution in [1.29, 1.82) is 0 Å². The van der Waals surface area contributed by atoms with Gasteiger partial charge < -0.3 is 9.47 Å². The Morgan fingerprint density at radius 2 is 1.83 bits per heavy atom. The fourth-order valence-electron chi connectivity index (χ4n) is 1.87. The van der Waals surface area contributed by atoms with Gasteiger partial charge in [0, 0.05) is 6.54 Å². The number of rotatable bonds is 4. The van der Waals surface area contributed by atoms with E-state index in [9.17, 15) is 8.42 Å². The van der Waals surface area contributed by atoms with Crippen LogP contribution in [0.5, 0.6) is 11.5 Å². The van der Waals surface area contributed by atoms with E-state index in [0.717, 1.165) is 28.9 Å². The molecule has 0 unspecified atom stereocenters. The molecule has 5 nitrogen and oxygen atoms in total. The number of fused-ring (bicyclic) bond motifs is 1. The van der Waals surface area contributed by atoms with Gasteiger partial charge in [-0.2, -0.15) is 0 Å². The van der Waals surface area contributed by atoms with Crippen LogP contribution >= 0.6 is 0 Å². The average molecular weight is 271 g/mol. The summed E-state index contributed by atoms with van der Waals surface area (Å²) in [4.78, 5) is 0. The van der Waals surface area contributed by atoms with Crippen LogP contribution in [-0.2, 0) is 16.4 Å². The first-order chi connectivity index (χ1) is 8.46. The molecule has 1 aromatic rings. The van der Waals surface area contributed by atoms with E-state index < -0.39 is 10.0 Å². The first-order valence-corrected chi connectivity index (χ1v) is 7.68. The fourth-order valence-corrected chi connectivity index (χ4v) is 2.35. The molecule has 6 heteroatoms. The molecule has 1 aliphatic rings. The fraction of sp³-hybridized carbons (Fsp3) is 0.500. The summed E-state index contributed by atoms with van der Waals surface area (Å²) in [7, 11) is -3.13. The second kappa shape index (κ2) is 5.16. The molecule has 0 saturated heterocycles. The van der Waals surface area contributed by atoms with Crippen molar-refractivity contribution in [3.05, 3.63) is 23.3 Å². The molecule has 0 atom stereocenters. The van der Waals surface area contributed by atoms with E-state index in [2.05, 4.69) is 4.72 Å². The van der Waals surface area contributed by atoms with Crippen molar-refractivity contribution in [2.45, 2.75) is 13.3 Å². The minimum atomic E-state index is -3.13. The minimum Gasteiger partial charge on any atom is -0.486 e. The van der Waals surface area contributed by atoms with Crippen LogP contribution in [0.15, 0.2) is 12.1 Å². The maximum absolute atomic E-state index is 11.0. The largest absolute Gasteiger partial charge is 0.486 e. The lowest BCUT2D eigenvalue weighted by molar-refractivity contribution is 0.171. The Labute approximate surface area is 107 Å². The Balaban J connectivity index is 2.09. The smallest absolute Gasteiger partial charge is 0.208 e. The first kappa shape index (κ1) is 13.2. The maximum Gasteiger partial charge on any atom is 0.208 e. The number of hydrogen-bond acceptors (Lipinski definition) is 4. The molecule has 0 bridgehead atoms. The summed E-state index contributed by atoms with van der Waals surface area (Å²) >= 11 is 0. The molecule has 0 amide bonds. The van der Waals surface area contributed by atoms with Crippen LogP contribution < -0.4 is 14.2 Å². The second-order valence-electron chi connectivity index (χ2n) is 4.34. The zero-order chi connectivity index (χ0) is 13.2. The zero-order valence-corrected chi connectivity index (χ0v) is 11.3. The third kappa shape index (κ3) is 3.36. The number of ether oxygens (including phenoxy) is 2. The average Bonchev–Trinajstić information content (AvgIpc) is 2.28. The van der Waals surface area contributed by atoms with E-state index in [-0.39, 0.29) is 0 Å². The Bertz CT molecular complexity index is 539. The van der Waals surface area contributed by atoms with Gasteiger partial charge in [0.25, 0.3) is 0 Å². The molecule has 0 radical (unpaired) electrons. The van der Waals surface area contributed by atoms with Crippen molar-refractivity contribution in [3.8, 4) is 11.5 Å². The maximum atomic E-state index is 11.0. The van der Waals surface area contributed by atoms with Gasteiger partial charge in [-0.1, -0.05) is 0 Å². The number of nitrogens with one attached hydrogen (secondary N) is 1. The van der Waals surface area contributed by atoms with Gasteiger partial charge in [0.05, 0.1) is 6.26 Å². The predicted octanol–water partition coefficient (Wildman–Crippen LogP) is 0.858. The molecular formula is C12H17NO4S. The van der Waals surface area contributed by atoms with Crippen LogP contribution in [0, 0.1) is 6.92 Å². The SMILES string of the molecule is Cc1cc2c(cc1CCNS(C)(=O)=O)OCCO2. The molecular weight excluding hydrogens is 254 g/mol. The number of hydrogen-bond donors (Lipinski definition) is 1. The molecule has 100 valence electrons. The van der Waals surface area contributed by atoms with Gasteiger partial charge in [0.1, 0.15) is 13.2 Å². The van der Waals surface area contributed by atoms with E-state index >= 15 is 0 Å². The van der Waals surface area contributed by atoms with Crippen molar-refractivity contribution < 1.29 is 17.9 Å². The quantitative estimate of drug-likeness (QED) is 0.882. The predicted molar refractivity (Wildman–Crippen MR) is 68.7 cm³/mol. The highest BCUT2D eigenvalue weighted by Gasteiger charge is 2.14. The van der Waals surface area contributed by atoms with Crippen LogP contribution in [0.3, 0.4) is 0 Å². The van der Waals surface area contributed by atoms with Gasteiger partial charge in [0.2, 0.25) is 10.0 Å². The van der Waals surface area contributed by atoms with Crippen LogP contribution in [0.1, 0.15) is 11.1 Å². The van der Waals surface area contributed by atoms with E-state index in [1.807, 2.05) is 19.1 Å². The molecule has 18 heavy (non-hydrogen) atoms. The van der Waals surface area contributed by atoms with Crippen molar-refractivity contribution in [1.82, 2.24) is 4.72 Å². The summed E-state index contributed by atoms with van der Waals surface area (Å²) in [6.45, 7) is 3.49. The number of benzene rings is 1. The molecule has 1 aromatic carbocycles. The first-order valence-electron chi connectivity index (χ1n) is 5.79. The molecule has 2 rings (SSSR count). The summed E-state index contributed by atoms with van der Waals surface area (Å²) in [5, 5.41) is 0. The monoisotopic (exact) mass is 271 g/mol. The third-order valence-electron chi connectivity index (χ3n) is 2.76. The van der Waals surface area contributed by atoms with E-state index in [1.54, 1.807) is 0 Å². The summed E-state index contributed by atoms with van der Waals surface area (Å²) in [6, 6.07) is 3.86. The topological polar surface area (TPSA) is 64.6 Å². The second-order valence-corrected chi connectivity index (χ2v) is 6.17. The van der Waals surface area contributed by atoms with Gasteiger partial charge in [0.15, 0.2) is 11.5 Å². The zero-order valence-electron chi connectivity index (χ0n) is 10.5. The third-order valence-corrected chi connectivity index (χ3v) is 3.49. The van der Waals surface area contributed by atoms with Crippen molar-refractivity contribution in [2.24, 2.45) is 0 Å². The molecule has 0 aliphatic carbocycles. The van der Waals surface area contributed by atoms with Crippen LogP contribution in [0.4, 0.5) is 0 Å². The summed E-state index contributed by atoms with van der Waals surface area (Å²) < 4.78 is 35.4. The highest BCUT2D eigenvalue weighted by molar-refractivity contribution is 7.88. The molecule has 1 heterocycles. The molecule has 0 saturated carbocycles. The van der Waals surface area contributed by atoms with E-state index in [0.29, 0.717) is 26.2 Å². The molecule has 0 spiro atoms. The van der Waals surface area contributed by atoms with E-state index in [4.69, 9.17) is 9.47 Å². The summed E-state index contributed by atoms with van der Waals surface area (Å²) in [6.07, 6.45) is 1.79. The highest BCUT2D eigenvalue weighted by Crippen LogP contribution is 2.33. The minimum absolute atomic E-state index is 0.388. The molecule has 1 aliphatic heterocycles. The van der Waals surface area contributed by atoms with Gasteiger partial charge in [-0.25, -0.2) is 13.1 Å². The Hall–Kier alpha value is -1.27. The summed E-state index contributed by atoms with van der Waals surface area (Å²) in [5.74, 6) is 1.50. The molecule has 0 fully saturated rings. The van der Waals surface area contributed by atoms with Crippen LogP contribution in [0.2, 0.25) is 0 Å². The van der Waals surface area contributed by atoms with Crippen LogP contribution in [-0.4, -0.2) is 34.4 Å². The number of sulfonamides is 1. The highest BCUT2D eigenvalue weighted by atomic mass is 32.2.